The largest absolute Gasteiger partial charge is 0.392 e. The van der Waals surface area contributed by atoms with Crippen LogP contribution in [0.25, 0.3) is 0 Å². The van der Waals surface area contributed by atoms with Crippen LogP contribution in [0.5, 0.6) is 0 Å². The molecule has 4 nitrogen and oxygen atoms in total. The molecule has 1 heterocycles. The second-order valence-corrected chi connectivity index (χ2v) is 5.62. The Labute approximate surface area is 121 Å². The van der Waals surface area contributed by atoms with Crippen LogP contribution in [0.2, 0.25) is 0 Å². The Balaban J connectivity index is 1.91. The summed E-state index contributed by atoms with van der Waals surface area (Å²) < 4.78 is 0. The molecule has 0 aliphatic carbocycles. The maximum Gasteiger partial charge on any atom is 0.236 e. The number of rotatable bonds is 4. The molecule has 2 atom stereocenters. The SMILES string of the molecule is CC(c1ccccc1)N(C)C(=O)CN1CCC[C@H](O)C1. The third-order valence-corrected chi connectivity index (χ3v) is 4.10. The molecule has 1 N–H and O–H groups in total. The number of aliphatic hydroxyl groups is 1. The van der Waals surface area contributed by atoms with Crippen LogP contribution in [0.3, 0.4) is 0 Å². The molecule has 1 aromatic carbocycles. The van der Waals surface area contributed by atoms with Gasteiger partial charge >= 0.3 is 0 Å². The van der Waals surface area contributed by atoms with Crippen molar-refractivity contribution in [1.82, 2.24) is 9.80 Å². The second kappa shape index (κ2) is 6.86. The molecule has 110 valence electrons. The van der Waals surface area contributed by atoms with E-state index < -0.39 is 0 Å². The zero-order valence-electron chi connectivity index (χ0n) is 12.3. The lowest BCUT2D eigenvalue weighted by atomic mass is 10.1. The average molecular weight is 276 g/mol. The van der Waals surface area contributed by atoms with Gasteiger partial charge < -0.3 is 10.0 Å². The van der Waals surface area contributed by atoms with Gasteiger partial charge in [0.1, 0.15) is 0 Å². The Bertz CT molecular complexity index is 435. The van der Waals surface area contributed by atoms with E-state index in [4.69, 9.17) is 0 Å². The number of carbonyl (C=O) groups is 1. The van der Waals surface area contributed by atoms with Crippen molar-refractivity contribution >= 4 is 5.91 Å². The van der Waals surface area contributed by atoms with Crippen molar-refractivity contribution in [3.63, 3.8) is 0 Å². The monoisotopic (exact) mass is 276 g/mol. The first-order valence-corrected chi connectivity index (χ1v) is 7.29. The van der Waals surface area contributed by atoms with Gasteiger partial charge in [0.15, 0.2) is 0 Å². The molecule has 4 heteroatoms. The Morgan fingerprint density at radius 2 is 2.15 bits per heavy atom. The van der Waals surface area contributed by atoms with E-state index in [2.05, 4.69) is 0 Å². The summed E-state index contributed by atoms with van der Waals surface area (Å²) in [7, 11) is 1.85. The highest BCUT2D eigenvalue weighted by Crippen LogP contribution is 2.19. The number of piperidine rings is 1. The lowest BCUT2D eigenvalue weighted by Gasteiger charge is -2.32. The first-order chi connectivity index (χ1) is 9.58. The molecule has 2 rings (SSSR count). The predicted molar refractivity (Wildman–Crippen MR) is 79.3 cm³/mol. The molecule has 0 bridgehead atoms. The summed E-state index contributed by atoms with van der Waals surface area (Å²) in [5.74, 6) is 0.107. The minimum Gasteiger partial charge on any atom is -0.392 e. The summed E-state index contributed by atoms with van der Waals surface area (Å²) in [6, 6.07) is 10.1. The summed E-state index contributed by atoms with van der Waals surface area (Å²) in [5, 5.41) is 9.65. The fourth-order valence-electron chi connectivity index (χ4n) is 2.65. The van der Waals surface area contributed by atoms with Gasteiger partial charge in [0.05, 0.1) is 18.7 Å². The number of benzene rings is 1. The smallest absolute Gasteiger partial charge is 0.236 e. The molecule has 1 fully saturated rings. The van der Waals surface area contributed by atoms with Gasteiger partial charge in [0, 0.05) is 13.6 Å². The van der Waals surface area contributed by atoms with E-state index in [-0.39, 0.29) is 18.1 Å². The summed E-state index contributed by atoms with van der Waals surface area (Å²) in [6.07, 6.45) is 1.53. The van der Waals surface area contributed by atoms with Gasteiger partial charge in [-0.3, -0.25) is 9.69 Å². The highest BCUT2D eigenvalue weighted by molar-refractivity contribution is 5.78. The quantitative estimate of drug-likeness (QED) is 0.909. The number of hydrogen-bond acceptors (Lipinski definition) is 3. The van der Waals surface area contributed by atoms with Crippen molar-refractivity contribution in [2.24, 2.45) is 0 Å². The van der Waals surface area contributed by atoms with Gasteiger partial charge in [-0.15, -0.1) is 0 Å². The summed E-state index contributed by atoms with van der Waals surface area (Å²) in [5.41, 5.74) is 1.14. The van der Waals surface area contributed by atoms with E-state index in [0.717, 1.165) is 24.9 Å². The van der Waals surface area contributed by atoms with E-state index in [1.165, 1.54) is 0 Å². The number of aliphatic hydroxyl groups excluding tert-OH is 1. The van der Waals surface area contributed by atoms with Gasteiger partial charge in [-0.05, 0) is 31.9 Å². The first-order valence-electron chi connectivity index (χ1n) is 7.29. The number of likely N-dealkylation sites (tertiary alicyclic amines) is 1. The first kappa shape index (κ1) is 15.0. The van der Waals surface area contributed by atoms with Crippen molar-refractivity contribution in [2.45, 2.75) is 31.9 Å². The Kier molecular flexibility index (Phi) is 5.15. The lowest BCUT2D eigenvalue weighted by molar-refractivity contribution is -0.133. The number of β-amino-alcohol motifs (C(OH)–C–C–N with tert-alkyl or cyclic N) is 1. The molecular weight excluding hydrogens is 252 g/mol. The van der Waals surface area contributed by atoms with Crippen LogP contribution in [0, 0.1) is 0 Å². The molecule has 1 unspecified atom stereocenters. The fourth-order valence-corrected chi connectivity index (χ4v) is 2.65. The second-order valence-electron chi connectivity index (χ2n) is 5.62. The van der Waals surface area contributed by atoms with E-state index in [0.29, 0.717) is 13.1 Å². The lowest BCUT2D eigenvalue weighted by Crippen LogP contribution is -2.45. The Morgan fingerprint density at radius 1 is 1.45 bits per heavy atom. The molecule has 1 aliphatic heterocycles. The van der Waals surface area contributed by atoms with Crippen LogP contribution in [0.15, 0.2) is 30.3 Å². The maximum absolute atomic E-state index is 12.3. The predicted octanol–water partition coefficient (Wildman–Crippen LogP) is 1.66. The molecule has 0 saturated carbocycles. The van der Waals surface area contributed by atoms with Gasteiger partial charge in [0.25, 0.3) is 0 Å². The summed E-state index contributed by atoms with van der Waals surface area (Å²) in [4.78, 5) is 16.2. The van der Waals surface area contributed by atoms with Gasteiger partial charge in [-0.2, -0.15) is 0 Å². The summed E-state index contributed by atoms with van der Waals surface area (Å²) >= 11 is 0. The maximum atomic E-state index is 12.3. The van der Waals surface area contributed by atoms with Gasteiger partial charge in [0.2, 0.25) is 5.91 Å². The van der Waals surface area contributed by atoms with Crippen molar-refractivity contribution in [1.29, 1.82) is 0 Å². The molecule has 1 saturated heterocycles. The zero-order valence-corrected chi connectivity index (χ0v) is 12.3. The third-order valence-electron chi connectivity index (χ3n) is 4.10. The van der Waals surface area contributed by atoms with Crippen LogP contribution in [-0.4, -0.2) is 53.6 Å². The van der Waals surface area contributed by atoms with Crippen LogP contribution < -0.4 is 0 Å². The van der Waals surface area contributed by atoms with Gasteiger partial charge in [-0.25, -0.2) is 0 Å². The van der Waals surface area contributed by atoms with Crippen molar-refractivity contribution in [3.8, 4) is 0 Å². The zero-order chi connectivity index (χ0) is 14.5. The minimum absolute atomic E-state index is 0.0680. The number of nitrogens with zero attached hydrogens (tertiary/aromatic N) is 2. The fraction of sp³-hybridized carbons (Fsp3) is 0.562. The van der Waals surface area contributed by atoms with E-state index in [1.807, 2.05) is 49.2 Å². The topological polar surface area (TPSA) is 43.8 Å². The molecule has 0 radical (unpaired) electrons. The molecule has 1 aliphatic rings. The van der Waals surface area contributed by atoms with E-state index >= 15 is 0 Å². The van der Waals surface area contributed by atoms with Crippen molar-refractivity contribution in [2.75, 3.05) is 26.7 Å². The van der Waals surface area contributed by atoms with E-state index in [9.17, 15) is 9.90 Å². The van der Waals surface area contributed by atoms with Crippen LogP contribution >= 0.6 is 0 Å². The standard InChI is InChI=1S/C16H24N2O2/c1-13(14-7-4-3-5-8-14)17(2)16(20)12-18-10-6-9-15(19)11-18/h3-5,7-8,13,15,19H,6,9-12H2,1-2H3/t13?,15-/m0/s1. The molecule has 0 aromatic heterocycles. The van der Waals surface area contributed by atoms with Crippen molar-refractivity contribution in [3.05, 3.63) is 35.9 Å². The number of hydrogen-bond donors (Lipinski definition) is 1. The number of carbonyl (C=O) groups excluding carboxylic acids is 1. The normalized spacial score (nSPS) is 21.4. The minimum atomic E-state index is -0.284. The van der Waals surface area contributed by atoms with Crippen LogP contribution in [0.1, 0.15) is 31.4 Å². The highest BCUT2D eigenvalue weighted by atomic mass is 16.3. The number of amides is 1. The highest BCUT2D eigenvalue weighted by Gasteiger charge is 2.23. The van der Waals surface area contributed by atoms with Crippen molar-refractivity contribution < 1.29 is 9.90 Å². The molecule has 20 heavy (non-hydrogen) atoms. The van der Waals surface area contributed by atoms with E-state index in [1.54, 1.807) is 4.90 Å². The molecule has 1 aromatic rings. The third kappa shape index (κ3) is 3.81. The molecule has 1 amide bonds. The Hall–Kier alpha value is -1.39. The average Bonchev–Trinajstić information content (AvgIpc) is 2.46. The van der Waals surface area contributed by atoms with Gasteiger partial charge in [-0.1, -0.05) is 30.3 Å². The summed E-state index contributed by atoms with van der Waals surface area (Å²) in [6.45, 7) is 3.94. The molecular formula is C16H24N2O2. The van der Waals surface area contributed by atoms with Crippen LogP contribution in [-0.2, 0) is 4.79 Å². The number of likely N-dealkylation sites (N-methyl/N-ethyl adjacent to an activating group) is 1. The molecule has 0 spiro atoms. The van der Waals surface area contributed by atoms with Crippen LogP contribution in [0.4, 0.5) is 0 Å². The Morgan fingerprint density at radius 3 is 2.80 bits per heavy atom.